The average molecular weight is 310 g/mol. The van der Waals surface area contributed by atoms with E-state index in [9.17, 15) is 19.2 Å². The first-order chi connectivity index (χ1) is 10.5. The number of rotatable bonds is 11. The average Bonchev–Trinajstić information content (AvgIpc) is 2.78. The number of aliphatic carboxylic acids is 1. The van der Waals surface area contributed by atoms with Crippen molar-refractivity contribution in [2.75, 3.05) is 13.1 Å². The van der Waals surface area contributed by atoms with Gasteiger partial charge in [0.1, 0.15) is 0 Å². The Bertz CT molecular complexity index is 441. The number of carboxylic acid groups (broad SMARTS) is 1. The summed E-state index contributed by atoms with van der Waals surface area (Å²) in [5.41, 5.74) is 0. The van der Waals surface area contributed by atoms with E-state index < -0.39 is 5.97 Å². The van der Waals surface area contributed by atoms with Gasteiger partial charge in [0.05, 0.1) is 0 Å². The van der Waals surface area contributed by atoms with Crippen LogP contribution in [0.5, 0.6) is 0 Å². The van der Waals surface area contributed by atoms with Gasteiger partial charge in [-0.2, -0.15) is 0 Å². The Hall–Kier alpha value is -2.18. The van der Waals surface area contributed by atoms with E-state index in [0.717, 1.165) is 30.6 Å². The highest BCUT2D eigenvalue weighted by molar-refractivity contribution is 6.13. The third-order valence-corrected chi connectivity index (χ3v) is 3.35. The second-order valence-corrected chi connectivity index (χ2v) is 5.17. The Morgan fingerprint density at radius 3 is 2.18 bits per heavy atom. The van der Waals surface area contributed by atoms with Gasteiger partial charge >= 0.3 is 5.97 Å². The maximum Gasteiger partial charge on any atom is 0.303 e. The van der Waals surface area contributed by atoms with Gasteiger partial charge in [0.2, 0.25) is 5.91 Å². The molecule has 0 radical (unpaired) electrons. The zero-order valence-corrected chi connectivity index (χ0v) is 12.5. The molecule has 1 aliphatic heterocycles. The fourth-order valence-corrected chi connectivity index (χ4v) is 2.11. The van der Waals surface area contributed by atoms with Crippen LogP contribution in [0.1, 0.15) is 44.9 Å². The molecule has 0 atom stereocenters. The van der Waals surface area contributed by atoms with Crippen LogP contribution in [0.25, 0.3) is 0 Å². The molecule has 0 fully saturated rings. The maximum atomic E-state index is 11.6. The van der Waals surface area contributed by atoms with E-state index in [1.807, 2.05) is 0 Å². The Morgan fingerprint density at radius 2 is 1.55 bits per heavy atom. The highest BCUT2D eigenvalue weighted by atomic mass is 16.4. The molecule has 7 nitrogen and oxygen atoms in total. The third-order valence-electron chi connectivity index (χ3n) is 3.35. The number of unbranched alkanes of at least 4 members (excludes halogenated alkanes) is 4. The van der Waals surface area contributed by atoms with E-state index in [1.165, 1.54) is 12.2 Å². The Kier molecular flexibility index (Phi) is 7.88. The summed E-state index contributed by atoms with van der Waals surface area (Å²) in [6.45, 7) is 0.656. The predicted molar refractivity (Wildman–Crippen MR) is 78.8 cm³/mol. The summed E-state index contributed by atoms with van der Waals surface area (Å²) in [5.74, 6) is -1.70. The fourth-order valence-electron chi connectivity index (χ4n) is 2.11. The SMILES string of the molecule is O=C(O)CCCCCCCNC(=O)CCN1C(=O)C=CC1=O. The molecule has 0 saturated heterocycles. The highest BCUT2D eigenvalue weighted by Crippen LogP contribution is 2.05. The first-order valence-corrected chi connectivity index (χ1v) is 7.52. The van der Waals surface area contributed by atoms with Crippen LogP contribution in [-0.4, -0.2) is 46.8 Å². The number of imide groups is 1. The van der Waals surface area contributed by atoms with Crippen LogP contribution in [0.2, 0.25) is 0 Å². The lowest BCUT2D eigenvalue weighted by Gasteiger charge is -2.13. The van der Waals surface area contributed by atoms with Gasteiger partial charge in [-0.3, -0.25) is 24.1 Å². The summed E-state index contributed by atoms with van der Waals surface area (Å²) in [6, 6.07) is 0. The van der Waals surface area contributed by atoms with Crippen molar-refractivity contribution in [3.05, 3.63) is 12.2 Å². The first kappa shape index (κ1) is 17.9. The molecule has 22 heavy (non-hydrogen) atoms. The van der Waals surface area contributed by atoms with Crippen LogP contribution in [0.15, 0.2) is 12.2 Å². The lowest BCUT2D eigenvalue weighted by molar-refractivity contribution is -0.138. The number of nitrogens with zero attached hydrogens (tertiary/aromatic N) is 1. The van der Waals surface area contributed by atoms with Gasteiger partial charge in [-0.25, -0.2) is 0 Å². The van der Waals surface area contributed by atoms with E-state index >= 15 is 0 Å². The van der Waals surface area contributed by atoms with E-state index in [2.05, 4.69) is 5.32 Å². The number of carbonyl (C=O) groups is 4. The summed E-state index contributed by atoms with van der Waals surface area (Å²) in [6.07, 6.45) is 7.01. The Morgan fingerprint density at radius 1 is 0.955 bits per heavy atom. The van der Waals surface area contributed by atoms with Crippen LogP contribution < -0.4 is 5.32 Å². The number of hydrogen-bond acceptors (Lipinski definition) is 4. The van der Waals surface area contributed by atoms with Crippen LogP contribution in [0.3, 0.4) is 0 Å². The predicted octanol–water partition coefficient (Wildman–Crippen LogP) is 0.843. The smallest absolute Gasteiger partial charge is 0.303 e. The fraction of sp³-hybridized carbons (Fsp3) is 0.600. The van der Waals surface area contributed by atoms with Crippen molar-refractivity contribution >= 4 is 23.7 Å². The van der Waals surface area contributed by atoms with E-state index in [0.29, 0.717) is 13.0 Å². The quantitative estimate of drug-likeness (QED) is 0.435. The summed E-state index contributed by atoms with van der Waals surface area (Å²) in [5, 5.41) is 11.2. The highest BCUT2D eigenvalue weighted by Gasteiger charge is 2.23. The molecule has 122 valence electrons. The molecule has 2 N–H and O–H groups in total. The molecule has 0 saturated carbocycles. The minimum absolute atomic E-state index is 0.103. The van der Waals surface area contributed by atoms with Crippen molar-refractivity contribution in [3.63, 3.8) is 0 Å². The molecule has 0 bridgehead atoms. The Labute approximate surface area is 129 Å². The van der Waals surface area contributed by atoms with E-state index in [1.54, 1.807) is 0 Å². The molecule has 1 aliphatic rings. The van der Waals surface area contributed by atoms with Crippen LogP contribution >= 0.6 is 0 Å². The molecule has 0 aromatic carbocycles. The molecule has 0 spiro atoms. The van der Waals surface area contributed by atoms with Crippen molar-refractivity contribution < 1.29 is 24.3 Å². The molecule has 0 aromatic rings. The monoisotopic (exact) mass is 310 g/mol. The maximum absolute atomic E-state index is 11.6. The second kappa shape index (κ2) is 9.70. The molecule has 1 rings (SSSR count). The minimum atomic E-state index is -0.766. The van der Waals surface area contributed by atoms with Gasteiger partial charge in [0.15, 0.2) is 0 Å². The summed E-state index contributed by atoms with van der Waals surface area (Å²) >= 11 is 0. The lowest BCUT2D eigenvalue weighted by Crippen LogP contribution is -2.34. The van der Waals surface area contributed by atoms with Crippen molar-refractivity contribution in [3.8, 4) is 0 Å². The molecule has 3 amide bonds. The first-order valence-electron chi connectivity index (χ1n) is 7.52. The number of carbonyl (C=O) groups excluding carboxylic acids is 3. The standard InChI is InChI=1S/C15H22N2O5/c18-12(9-11-17-13(19)7-8-14(17)20)16-10-5-3-1-2-4-6-15(21)22/h7-8H,1-6,9-11H2,(H,16,18)(H,21,22). The molecule has 0 unspecified atom stereocenters. The largest absolute Gasteiger partial charge is 0.481 e. The Balaban J connectivity index is 1.97. The van der Waals surface area contributed by atoms with Crippen LogP contribution in [-0.2, 0) is 19.2 Å². The molecule has 0 aliphatic carbocycles. The van der Waals surface area contributed by atoms with E-state index in [4.69, 9.17) is 5.11 Å². The summed E-state index contributed by atoms with van der Waals surface area (Å²) < 4.78 is 0. The van der Waals surface area contributed by atoms with Gasteiger partial charge in [0.25, 0.3) is 11.8 Å². The summed E-state index contributed by atoms with van der Waals surface area (Å²) in [7, 11) is 0. The molecule has 0 aromatic heterocycles. The van der Waals surface area contributed by atoms with Crippen molar-refractivity contribution in [1.29, 1.82) is 0 Å². The molecule has 7 heteroatoms. The number of nitrogens with one attached hydrogen (secondary N) is 1. The van der Waals surface area contributed by atoms with Crippen molar-refractivity contribution in [1.82, 2.24) is 10.2 Å². The summed E-state index contributed by atoms with van der Waals surface area (Å²) in [4.78, 5) is 45.5. The molecular formula is C15H22N2O5. The zero-order chi connectivity index (χ0) is 16.4. The number of carboxylic acids is 1. The normalized spacial score (nSPS) is 13.7. The van der Waals surface area contributed by atoms with Crippen molar-refractivity contribution in [2.24, 2.45) is 0 Å². The van der Waals surface area contributed by atoms with Gasteiger partial charge in [0, 0.05) is 38.1 Å². The topological polar surface area (TPSA) is 104 Å². The number of hydrogen-bond donors (Lipinski definition) is 2. The molecule has 1 heterocycles. The van der Waals surface area contributed by atoms with Gasteiger partial charge < -0.3 is 10.4 Å². The van der Waals surface area contributed by atoms with Gasteiger partial charge in [-0.05, 0) is 12.8 Å². The number of amides is 3. The second-order valence-electron chi connectivity index (χ2n) is 5.17. The van der Waals surface area contributed by atoms with E-state index in [-0.39, 0.29) is 37.1 Å². The third kappa shape index (κ3) is 7.01. The van der Waals surface area contributed by atoms with Gasteiger partial charge in [-0.1, -0.05) is 19.3 Å². The molecular weight excluding hydrogens is 288 g/mol. The zero-order valence-electron chi connectivity index (χ0n) is 12.5. The van der Waals surface area contributed by atoms with Gasteiger partial charge in [-0.15, -0.1) is 0 Å². The van der Waals surface area contributed by atoms with Crippen LogP contribution in [0.4, 0.5) is 0 Å². The van der Waals surface area contributed by atoms with Crippen LogP contribution in [0, 0.1) is 0 Å². The minimum Gasteiger partial charge on any atom is -0.481 e. The van der Waals surface area contributed by atoms with Crippen molar-refractivity contribution in [2.45, 2.75) is 44.9 Å². The lowest BCUT2D eigenvalue weighted by atomic mass is 10.1.